The molecule has 0 radical (unpaired) electrons. The molecule has 1 heterocycles. The molecule has 0 N–H and O–H groups in total. The second-order valence-corrected chi connectivity index (χ2v) is 8.08. The lowest BCUT2D eigenvalue weighted by molar-refractivity contribution is -0.153. The molecule has 0 bridgehead atoms. The van der Waals surface area contributed by atoms with Crippen LogP contribution in [0.25, 0.3) is 0 Å². The summed E-state index contributed by atoms with van der Waals surface area (Å²) in [4.78, 5) is 13.7. The highest BCUT2D eigenvalue weighted by atomic mass is 79.9. The zero-order valence-corrected chi connectivity index (χ0v) is 16.1. The van der Waals surface area contributed by atoms with Gasteiger partial charge in [-0.3, -0.25) is 9.69 Å². The smallest absolute Gasteiger partial charge is 0.320 e. The van der Waals surface area contributed by atoms with Gasteiger partial charge in [0.2, 0.25) is 0 Å². The Hall–Kier alpha value is -1.07. The van der Waals surface area contributed by atoms with Crippen LogP contribution < -0.4 is 4.74 Å². The average Bonchev–Trinajstić information content (AvgIpc) is 2.46. The molecule has 3 rings (SSSR count). The Balaban J connectivity index is 1.32. The highest BCUT2D eigenvalue weighted by Crippen LogP contribution is 2.52. The van der Waals surface area contributed by atoms with Crippen LogP contribution in [0.2, 0.25) is 0 Å². The summed E-state index contributed by atoms with van der Waals surface area (Å²) in [5.41, 5.74) is 1.64. The van der Waals surface area contributed by atoms with Crippen molar-refractivity contribution in [1.29, 1.82) is 0 Å². The minimum atomic E-state index is -0.0963. The fourth-order valence-corrected chi connectivity index (χ4v) is 4.46. The van der Waals surface area contributed by atoms with Gasteiger partial charge in [0.25, 0.3) is 0 Å². The van der Waals surface area contributed by atoms with E-state index >= 15 is 0 Å². The quantitative estimate of drug-likeness (QED) is 0.658. The minimum Gasteiger partial charge on any atom is -0.493 e. The molecule has 0 unspecified atom stereocenters. The summed E-state index contributed by atoms with van der Waals surface area (Å²) < 4.78 is 12.0. The minimum absolute atomic E-state index is 0.0963. The maximum atomic E-state index is 11.5. The van der Waals surface area contributed by atoms with Gasteiger partial charge in [0, 0.05) is 23.1 Å². The van der Waals surface area contributed by atoms with E-state index in [0.717, 1.165) is 47.8 Å². The Morgan fingerprint density at radius 1 is 1.38 bits per heavy atom. The van der Waals surface area contributed by atoms with Crippen molar-refractivity contribution in [3.05, 3.63) is 28.2 Å². The summed E-state index contributed by atoms with van der Waals surface area (Å²) >= 11 is 3.54. The number of ether oxygens (including phenoxy) is 2. The fraction of sp³-hybridized carbons (Fsp3) is 0.632. The van der Waals surface area contributed by atoms with Gasteiger partial charge in [0.05, 0.1) is 19.8 Å². The Bertz CT molecular complexity index is 590. The molecule has 24 heavy (non-hydrogen) atoms. The first kappa shape index (κ1) is 17.7. The first-order valence-electron chi connectivity index (χ1n) is 8.77. The third-order valence-electron chi connectivity index (χ3n) is 5.22. The van der Waals surface area contributed by atoms with Gasteiger partial charge in [-0.05, 0) is 56.6 Å². The molecule has 4 nitrogen and oxygen atoms in total. The SMILES string of the molecule is CCOC(=O)CN1CC2(CC(CCOc3cccc(Br)c3C)C2)C1. The molecule has 0 atom stereocenters. The third-order valence-corrected chi connectivity index (χ3v) is 6.08. The first-order chi connectivity index (χ1) is 11.5. The summed E-state index contributed by atoms with van der Waals surface area (Å²) in [6.45, 7) is 7.73. The summed E-state index contributed by atoms with van der Waals surface area (Å²) in [6.07, 6.45) is 3.66. The number of rotatable bonds is 7. The lowest BCUT2D eigenvalue weighted by atomic mass is 9.57. The molecule has 1 saturated carbocycles. The normalized spacial score (nSPS) is 19.6. The fourth-order valence-electron chi connectivity index (χ4n) is 4.11. The van der Waals surface area contributed by atoms with Crippen molar-refractivity contribution in [2.24, 2.45) is 11.3 Å². The lowest BCUT2D eigenvalue weighted by Gasteiger charge is -2.59. The van der Waals surface area contributed by atoms with Crippen molar-refractivity contribution < 1.29 is 14.3 Å². The molecule has 2 aliphatic rings. The predicted octanol–water partition coefficient (Wildman–Crippen LogP) is 3.80. The monoisotopic (exact) mass is 395 g/mol. The molecule has 5 heteroatoms. The van der Waals surface area contributed by atoms with Crippen LogP contribution in [0.5, 0.6) is 5.75 Å². The Labute approximate surface area is 152 Å². The van der Waals surface area contributed by atoms with E-state index in [1.807, 2.05) is 25.1 Å². The van der Waals surface area contributed by atoms with Crippen LogP contribution in [0.15, 0.2) is 22.7 Å². The van der Waals surface area contributed by atoms with Crippen LogP contribution >= 0.6 is 15.9 Å². The van der Waals surface area contributed by atoms with E-state index in [1.165, 1.54) is 12.8 Å². The van der Waals surface area contributed by atoms with Crippen LogP contribution in [0.3, 0.4) is 0 Å². The molecule has 1 spiro atoms. The number of benzene rings is 1. The summed E-state index contributed by atoms with van der Waals surface area (Å²) in [6, 6.07) is 6.08. The maximum Gasteiger partial charge on any atom is 0.320 e. The number of likely N-dealkylation sites (tertiary alicyclic amines) is 1. The highest BCUT2D eigenvalue weighted by molar-refractivity contribution is 9.10. The molecular weight excluding hydrogens is 370 g/mol. The zero-order valence-electron chi connectivity index (χ0n) is 14.5. The second kappa shape index (κ2) is 7.44. The number of halogens is 1. The van der Waals surface area contributed by atoms with Crippen molar-refractivity contribution in [1.82, 2.24) is 4.90 Å². The number of nitrogens with zero attached hydrogens (tertiary/aromatic N) is 1. The predicted molar refractivity (Wildman–Crippen MR) is 97.2 cm³/mol. The summed E-state index contributed by atoms with van der Waals surface area (Å²) in [5.74, 6) is 1.64. The van der Waals surface area contributed by atoms with Crippen LogP contribution in [0, 0.1) is 18.3 Å². The van der Waals surface area contributed by atoms with Gasteiger partial charge < -0.3 is 9.47 Å². The number of carbonyl (C=O) groups is 1. The molecule has 1 saturated heterocycles. The molecule has 132 valence electrons. The first-order valence-corrected chi connectivity index (χ1v) is 9.56. The number of carbonyl (C=O) groups excluding carboxylic acids is 1. The van der Waals surface area contributed by atoms with Gasteiger partial charge in [-0.1, -0.05) is 22.0 Å². The van der Waals surface area contributed by atoms with Gasteiger partial charge in [0.1, 0.15) is 5.75 Å². The van der Waals surface area contributed by atoms with Gasteiger partial charge in [-0.25, -0.2) is 0 Å². The zero-order chi connectivity index (χ0) is 17.2. The third kappa shape index (κ3) is 3.94. The molecule has 1 aliphatic heterocycles. The molecule has 0 aromatic heterocycles. The number of hydrogen-bond acceptors (Lipinski definition) is 4. The van der Waals surface area contributed by atoms with Crippen molar-refractivity contribution in [2.45, 2.75) is 33.1 Å². The maximum absolute atomic E-state index is 11.5. The van der Waals surface area contributed by atoms with Gasteiger partial charge in [0.15, 0.2) is 0 Å². The molecule has 2 fully saturated rings. The largest absolute Gasteiger partial charge is 0.493 e. The van der Waals surface area contributed by atoms with E-state index in [2.05, 4.69) is 27.8 Å². The van der Waals surface area contributed by atoms with E-state index in [9.17, 15) is 4.79 Å². The van der Waals surface area contributed by atoms with Gasteiger partial charge >= 0.3 is 5.97 Å². The van der Waals surface area contributed by atoms with Crippen LogP contribution in [-0.4, -0.2) is 43.7 Å². The number of hydrogen-bond donors (Lipinski definition) is 0. The highest BCUT2D eigenvalue weighted by Gasteiger charge is 2.52. The van der Waals surface area contributed by atoms with Crippen LogP contribution in [-0.2, 0) is 9.53 Å². The van der Waals surface area contributed by atoms with Gasteiger partial charge in [-0.15, -0.1) is 0 Å². The molecule has 1 aromatic carbocycles. The van der Waals surface area contributed by atoms with Crippen molar-refractivity contribution in [3.8, 4) is 5.75 Å². The van der Waals surface area contributed by atoms with E-state index in [-0.39, 0.29) is 5.97 Å². The number of esters is 1. The standard InChI is InChI=1S/C19H26BrNO3/c1-3-23-18(22)11-21-12-19(13-21)9-15(10-19)7-8-24-17-6-4-5-16(20)14(17)2/h4-6,15H,3,7-13H2,1-2H3. The summed E-state index contributed by atoms with van der Waals surface area (Å²) in [5, 5.41) is 0. The Morgan fingerprint density at radius 2 is 2.12 bits per heavy atom. The van der Waals surface area contributed by atoms with Crippen LogP contribution in [0.4, 0.5) is 0 Å². The Morgan fingerprint density at radius 3 is 2.83 bits per heavy atom. The average molecular weight is 396 g/mol. The lowest BCUT2D eigenvalue weighted by Crippen LogP contribution is -2.63. The second-order valence-electron chi connectivity index (χ2n) is 7.22. The van der Waals surface area contributed by atoms with E-state index < -0.39 is 0 Å². The van der Waals surface area contributed by atoms with Crippen molar-refractivity contribution in [3.63, 3.8) is 0 Å². The molecule has 1 aliphatic carbocycles. The van der Waals surface area contributed by atoms with Crippen molar-refractivity contribution >= 4 is 21.9 Å². The van der Waals surface area contributed by atoms with Crippen LogP contribution in [0.1, 0.15) is 31.7 Å². The van der Waals surface area contributed by atoms with E-state index in [1.54, 1.807) is 0 Å². The van der Waals surface area contributed by atoms with Crippen molar-refractivity contribution in [2.75, 3.05) is 32.8 Å². The molecular formula is C19H26BrNO3. The van der Waals surface area contributed by atoms with E-state index in [4.69, 9.17) is 9.47 Å². The Kier molecular flexibility index (Phi) is 5.50. The van der Waals surface area contributed by atoms with E-state index in [0.29, 0.717) is 18.6 Å². The summed E-state index contributed by atoms with van der Waals surface area (Å²) in [7, 11) is 0. The topological polar surface area (TPSA) is 38.8 Å². The molecule has 1 aromatic rings. The molecule has 0 amide bonds. The van der Waals surface area contributed by atoms with Gasteiger partial charge in [-0.2, -0.15) is 0 Å².